The first-order chi connectivity index (χ1) is 25.7. The third-order valence-electron chi connectivity index (χ3n) is 10.7. The molecular weight excluding hydrogens is 639 g/mol. The van der Waals surface area contributed by atoms with Crippen molar-refractivity contribution in [1.29, 1.82) is 0 Å². The molecule has 4 heteroatoms. The number of nitrogens with one attached hydrogen (secondary N) is 1. The summed E-state index contributed by atoms with van der Waals surface area (Å²) in [5, 5.41) is 23.1. The largest absolute Gasteiger partial charge is 0.394 e. The maximum absolute atomic E-state index is 12.4. The van der Waals surface area contributed by atoms with Crippen molar-refractivity contribution >= 4 is 5.91 Å². The number of hydrogen-bond acceptors (Lipinski definition) is 3. The molecular formula is C48H91NO3. The van der Waals surface area contributed by atoms with Gasteiger partial charge in [-0.05, 0) is 51.4 Å². The van der Waals surface area contributed by atoms with Gasteiger partial charge in [0.05, 0.1) is 18.8 Å². The molecule has 0 bridgehead atoms. The van der Waals surface area contributed by atoms with Crippen molar-refractivity contribution in [2.75, 3.05) is 6.61 Å². The van der Waals surface area contributed by atoms with Crippen molar-refractivity contribution in [3.05, 3.63) is 36.5 Å². The molecule has 1 amide bonds. The quantitative estimate of drug-likeness (QED) is 0.0433. The summed E-state index contributed by atoms with van der Waals surface area (Å²) in [7, 11) is 0. The molecule has 0 aromatic carbocycles. The Bertz CT molecular complexity index is 790. The predicted molar refractivity (Wildman–Crippen MR) is 230 cm³/mol. The number of aliphatic hydroxyl groups is 2. The van der Waals surface area contributed by atoms with Gasteiger partial charge in [0.25, 0.3) is 0 Å². The van der Waals surface area contributed by atoms with Gasteiger partial charge in [0.2, 0.25) is 5.91 Å². The Kier molecular flexibility index (Phi) is 42.8. The molecule has 2 unspecified atom stereocenters. The van der Waals surface area contributed by atoms with Gasteiger partial charge < -0.3 is 15.5 Å². The topological polar surface area (TPSA) is 69.6 Å². The van der Waals surface area contributed by atoms with Gasteiger partial charge in [-0.25, -0.2) is 0 Å². The summed E-state index contributed by atoms with van der Waals surface area (Å²) in [6.07, 6.45) is 58.1. The van der Waals surface area contributed by atoms with Crippen LogP contribution in [-0.4, -0.2) is 34.9 Å². The number of carbonyl (C=O) groups excluding carboxylic acids is 1. The lowest BCUT2D eigenvalue weighted by Gasteiger charge is -2.22. The first kappa shape index (κ1) is 50.6. The standard InChI is InChI=1S/C48H91NO3/c1-3-5-7-9-11-13-15-16-17-18-19-20-21-22-23-24-25-26-27-28-29-30-31-32-34-36-38-40-42-44-48(52)49-46(45-50)47(51)43-41-39-37-35-33-14-12-10-8-6-4-2/h15-16,18-19,21-22,46-47,50-51H,3-14,17,20,23-45H2,1-2H3,(H,49,52)/b16-15-,19-18-,22-21-. The molecule has 306 valence electrons. The zero-order valence-corrected chi connectivity index (χ0v) is 35.1. The number of rotatable bonds is 42. The second kappa shape index (κ2) is 44.0. The average molecular weight is 730 g/mol. The first-order valence-electron chi connectivity index (χ1n) is 23.2. The number of hydrogen-bond donors (Lipinski definition) is 3. The van der Waals surface area contributed by atoms with Crippen molar-refractivity contribution in [3.8, 4) is 0 Å². The summed E-state index contributed by atoms with van der Waals surface area (Å²) in [4.78, 5) is 12.4. The minimum absolute atomic E-state index is 0.0326. The van der Waals surface area contributed by atoms with Gasteiger partial charge in [-0.3, -0.25) is 4.79 Å². The summed E-state index contributed by atoms with van der Waals surface area (Å²) >= 11 is 0. The molecule has 3 N–H and O–H groups in total. The summed E-state index contributed by atoms with van der Waals surface area (Å²) in [5.74, 6) is -0.0326. The van der Waals surface area contributed by atoms with E-state index in [4.69, 9.17) is 0 Å². The van der Waals surface area contributed by atoms with Crippen LogP contribution in [0.2, 0.25) is 0 Å². The summed E-state index contributed by atoms with van der Waals surface area (Å²) in [5.41, 5.74) is 0. The molecule has 0 saturated heterocycles. The SMILES string of the molecule is CCCCCCC/C=C\C/C=C\C/C=C\CCCCCCCCCCCCCCCCC(=O)NC(CO)C(O)CCCCCCCCCCCCC. The fraction of sp³-hybridized carbons (Fsp3) is 0.854. The third-order valence-corrected chi connectivity index (χ3v) is 10.7. The van der Waals surface area contributed by atoms with E-state index in [-0.39, 0.29) is 12.5 Å². The van der Waals surface area contributed by atoms with E-state index in [0.717, 1.165) is 38.5 Å². The molecule has 52 heavy (non-hydrogen) atoms. The lowest BCUT2D eigenvalue weighted by atomic mass is 10.0. The van der Waals surface area contributed by atoms with Gasteiger partial charge in [-0.2, -0.15) is 0 Å². The molecule has 0 aromatic heterocycles. The highest BCUT2D eigenvalue weighted by Crippen LogP contribution is 2.16. The highest BCUT2D eigenvalue weighted by atomic mass is 16.3. The monoisotopic (exact) mass is 730 g/mol. The van der Waals surface area contributed by atoms with Crippen molar-refractivity contribution in [2.24, 2.45) is 0 Å². The summed E-state index contributed by atoms with van der Waals surface area (Å²) in [6, 6.07) is -0.534. The number of aliphatic hydroxyl groups excluding tert-OH is 2. The highest BCUT2D eigenvalue weighted by Gasteiger charge is 2.20. The molecule has 0 aromatic rings. The Labute approximate surface area is 325 Å². The van der Waals surface area contributed by atoms with E-state index in [9.17, 15) is 15.0 Å². The molecule has 0 aliphatic heterocycles. The van der Waals surface area contributed by atoms with E-state index in [1.54, 1.807) is 0 Å². The van der Waals surface area contributed by atoms with E-state index in [1.807, 2.05) is 0 Å². The van der Waals surface area contributed by atoms with E-state index in [1.165, 1.54) is 180 Å². The molecule has 2 atom stereocenters. The van der Waals surface area contributed by atoms with Crippen molar-refractivity contribution in [3.63, 3.8) is 0 Å². The number of unbranched alkanes of at least 4 members (excludes halogenated alkanes) is 29. The van der Waals surface area contributed by atoms with Crippen LogP contribution < -0.4 is 5.32 Å². The van der Waals surface area contributed by atoms with Crippen LogP contribution >= 0.6 is 0 Å². The first-order valence-corrected chi connectivity index (χ1v) is 23.2. The van der Waals surface area contributed by atoms with Crippen LogP contribution in [0.15, 0.2) is 36.5 Å². The Morgan fingerprint density at radius 3 is 1.17 bits per heavy atom. The zero-order chi connectivity index (χ0) is 37.8. The van der Waals surface area contributed by atoms with Crippen LogP contribution in [0, 0.1) is 0 Å². The number of allylic oxidation sites excluding steroid dienone is 6. The molecule has 0 fully saturated rings. The lowest BCUT2D eigenvalue weighted by molar-refractivity contribution is -0.123. The Morgan fingerprint density at radius 1 is 0.462 bits per heavy atom. The third kappa shape index (κ3) is 39.8. The second-order valence-corrected chi connectivity index (χ2v) is 15.8. The van der Waals surface area contributed by atoms with Crippen LogP contribution in [0.25, 0.3) is 0 Å². The summed E-state index contributed by atoms with van der Waals surface area (Å²) in [6.45, 7) is 4.34. The minimum atomic E-state index is -0.657. The van der Waals surface area contributed by atoms with Crippen LogP contribution in [0.1, 0.15) is 245 Å². The van der Waals surface area contributed by atoms with Gasteiger partial charge in [-0.15, -0.1) is 0 Å². The lowest BCUT2D eigenvalue weighted by Crippen LogP contribution is -2.45. The van der Waals surface area contributed by atoms with Gasteiger partial charge in [0.15, 0.2) is 0 Å². The van der Waals surface area contributed by atoms with Gasteiger partial charge in [0.1, 0.15) is 0 Å². The molecule has 0 spiro atoms. The minimum Gasteiger partial charge on any atom is -0.394 e. The molecule has 0 heterocycles. The molecule has 0 aliphatic rings. The maximum Gasteiger partial charge on any atom is 0.220 e. The molecule has 4 nitrogen and oxygen atoms in total. The van der Waals surface area contributed by atoms with E-state index >= 15 is 0 Å². The van der Waals surface area contributed by atoms with Crippen LogP contribution in [0.3, 0.4) is 0 Å². The van der Waals surface area contributed by atoms with E-state index < -0.39 is 12.1 Å². The fourth-order valence-electron chi connectivity index (χ4n) is 7.07. The smallest absolute Gasteiger partial charge is 0.220 e. The van der Waals surface area contributed by atoms with Gasteiger partial charge in [0, 0.05) is 6.42 Å². The second-order valence-electron chi connectivity index (χ2n) is 15.8. The molecule has 0 radical (unpaired) electrons. The van der Waals surface area contributed by atoms with Gasteiger partial charge >= 0.3 is 0 Å². The predicted octanol–water partition coefficient (Wildman–Crippen LogP) is 14.6. The Morgan fingerprint density at radius 2 is 0.788 bits per heavy atom. The Hall–Kier alpha value is -1.39. The maximum atomic E-state index is 12.4. The van der Waals surface area contributed by atoms with E-state index in [2.05, 4.69) is 55.6 Å². The molecule has 0 aliphatic carbocycles. The molecule has 0 rings (SSSR count). The normalized spacial score (nSPS) is 13.2. The summed E-state index contributed by atoms with van der Waals surface area (Å²) < 4.78 is 0. The number of carbonyl (C=O) groups is 1. The van der Waals surface area contributed by atoms with E-state index in [0.29, 0.717) is 12.8 Å². The van der Waals surface area contributed by atoms with Crippen molar-refractivity contribution in [2.45, 2.75) is 257 Å². The van der Waals surface area contributed by atoms with Gasteiger partial charge in [-0.1, -0.05) is 224 Å². The Balaban J connectivity index is 3.46. The van der Waals surface area contributed by atoms with Crippen molar-refractivity contribution < 1.29 is 15.0 Å². The van der Waals surface area contributed by atoms with Crippen LogP contribution in [-0.2, 0) is 4.79 Å². The fourth-order valence-corrected chi connectivity index (χ4v) is 7.07. The van der Waals surface area contributed by atoms with Crippen LogP contribution in [0.4, 0.5) is 0 Å². The van der Waals surface area contributed by atoms with Crippen molar-refractivity contribution in [1.82, 2.24) is 5.32 Å². The molecule has 0 saturated carbocycles. The highest BCUT2D eigenvalue weighted by molar-refractivity contribution is 5.76. The average Bonchev–Trinajstić information content (AvgIpc) is 3.15. The zero-order valence-electron chi connectivity index (χ0n) is 35.1. The van der Waals surface area contributed by atoms with Crippen LogP contribution in [0.5, 0.6) is 0 Å². The number of amides is 1.